The maximum absolute atomic E-state index is 13.3. The number of ether oxygens (including phenoxy) is 3. The molecule has 1 atom stereocenters. The zero-order valence-corrected chi connectivity index (χ0v) is 19.0. The molecule has 0 bridgehead atoms. The van der Waals surface area contributed by atoms with Gasteiger partial charge in [0, 0.05) is 50.7 Å². The van der Waals surface area contributed by atoms with Crippen LogP contribution in [0.4, 0.5) is 0 Å². The van der Waals surface area contributed by atoms with Gasteiger partial charge in [0.1, 0.15) is 11.5 Å². The second-order valence-electron chi connectivity index (χ2n) is 8.59. The van der Waals surface area contributed by atoms with Gasteiger partial charge in [-0.1, -0.05) is 12.8 Å². The number of benzene rings is 1. The first-order chi connectivity index (χ1) is 15.7. The SMILES string of the molecule is COc1cc(CN2CCOC(CN(C(=O)c3cccnc3)C3CCCC3)C2)cc(OC)c1. The molecule has 0 N–H and O–H groups in total. The van der Waals surface area contributed by atoms with E-state index in [-0.39, 0.29) is 18.1 Å². The van der Waals surface area contributed by atoms with Crippen LogP contribution < -0.4 is 9.47 Å². The van der Waals surface area contributed by atoms with E-state index in [2.05, 4.69) is 9.88 Å². The van der Waals surface area contributed by atoms with Crippen LogP contribution in [0, 0.1) is 0 Å². The van der Waals surface area contributed by atoms with Gasteiger partial charge in [-0.3, -0.25) is 14.7 Å². The number of amides is 1. The third-order valence-corrected chi connectivity index (χ3v) is 6.38. The van der Waals surface area contributed by atoms with E-state index in [0.717, 1.165) is 49.5 Å². The summed E-state index contributed by atoms with van der Waals surface area (Å²) in [7, 11) is 3.33. The summed E-state index contributed by atoms with van der Waals surface area (Å²) in [6, 6.07) is 9.93. The lowest BCUT2D eigenvalue weighted by molar-refractivity contribution is -0.0468. The summed E-state index contributed by atoms with van der Waals surface area (Å²) >= 11 is 0. The van der Waals surface area contributed by atoms with Crippen molar-refractivity contribution in [2.45, 2.75) is 44.4 Å². The summed E-state index contributed by atoms with van der Waals surface area (Å²) in [6.45, 7) is 3.69. The minimum atomic E-state index is -0.0162. The Kier molecular flexibility index (Phi) is 7.60. The molecule has 1 aromatic carbocycles. The van der Waals surface area contributed by atoms with Gasteiger partial charge in [-0.25, -0.2) is 0 Å². The van der Waals surface area contributed by atoms with Crippen LogP contribution in [0.1, 0.15) is 41.6 Å². The van der Waals surface area contributed by atoms with Gasteiger partial charge >= 0.3 is 0 Å². The molecular weight excluding hydrogens is 406 g/mol. The standard InChI is InChI=1S/C25H33N3O4/c1-30-22-12-19(13-23(14-22)31-2)16-27-10-11-32-24(17-27)18-28(21-7-3-4-8-21)25(29)20-6-5-9-26-15-20/h5-6,9,12-15,21,24H,3-4,7-8,10-11,16-18H2,1-2H3. The maximum atomic E-state index is 13.3. The van der Waals surface area contributed by atoms with Crippen molar-refractivity contribution in [3.05, 3.63) is 53.9 Å². The lowest BCUT2D eigenvalue weighted by atomic mass is 10.1. The van der Waals surface area contributed by atoms with Gasteiger partial charge in [0.15, 0.2) is 0 Å². The highest BCUT2D eigenvalue weighted by molar-refractivity contribution is 5.94. The lowest BCUT2D eigenvalue weighted by Crippen LogP contribution is -2.50. The average molecular weight is 440 g/mol. The quantitative estimate of drug-likeness (QED) is 0.628. The fourth-order valence-corrected chi connectivity index (χ4v) is 4.74. The van der Waals surface area contributed by atoms with Crippen LogP contribution >= 0.6 is 0 Å². The molecule has 1 amide bonds. The van der Waals surface area contributed by atoms with Crippen molar-refractivity contribution in [2.75, 3.05) is 40.5 Å². The van der Waals surface area contributed by atoms with E-state index in [1.54, 1.807) is 26.6 Å². The van der Waals surface area contributed by atoms with Crippen molar-refractivity contribution in [3.8, 4) is 11.5 Å². The van der Waals surface area contributed by atoms with Gasteiger partial charge in [-0.2, -0.15) is 0 Å². The molecule has 0 radical (unpaired) electrons. The fourth-order valence-electron chi connectivity index (χ4n) is 4.74. The average Bonchev–Trinajstić information content (AvgIpc) is 3.37. The van der Waals surface area contributed by atoms with Gasteiger partial charge in [0.05, 0.1) is 32.5 Å². The van der Waals surface area contributed by atoms with Crippen LogP contribution in [0.5, 0.6) is 11.5 Å². The van der Waals surface area contributed by atoms with Gasteiger partial charge in [-0.05, 0) is 42.7 Å². The minimum Gasteiger partial charge on any atom is -0.497 e. The highest BCUT2D eigenvalue weighted by atomic mass is 16.5. The summed E-state index contributed by atoms with van der Waals surface area (Å²) in [5.74, 6) is 1.64. The molecular formula is C25H33N3O4. The van der Waals surface area contributed by atoms with Crippen LogP contribution in [0.3, 0.4) is 0 Å². The molecule has 7 heteroatoms. The van der Waals surface area contributed by atoms with Crippen LogP contribution in [0.15, 0.2) is 42.7 Å². The number of hydrogen-bond donors (Lipinski definition) is 0. The molecule has 2 aromatic rings. The summed E-state index contributed by atoms with van der Waals surface area (Å²) in [6.07, 6.45) is 7.82. The number of nitrogens with zero attached hydrogens (tertiary/aromatic N) is 3. The highest BCUT2D eigenvalue weighted by Crippen LogP contribution is 2.27. The molecule has 1 saturated heterocycles. The zero-order chi connectivity index (χ0) is 22.3. The summed E-state index contributed by atoms with van der Waals surface area (Å²) in [5.41, 5.74) is 1.79. The van der Waals surface area contributed by atoms with Gasteiger partial charge < -0.3 is 19.1 Å². The number of rotatable bonds is 8. The van der Waals surface area contributed by atoms with Crippen molar-refractivity contribution < 1.29 is 19.0 Å². The Morgan fingerprint density at radius 2 is 1.94 bits per heavy atom. The first-order valence-corrected chi connectivity index (χ1v) is 11.4. The third-order valence-electron chi connectivity index (χ3n) is 6.38. The van der Waals surface area contributed by atoms with Crippen molar-refractivity contribution in [2.24, 2.45) is 0 Å². The Hall–Kier alpha value is -2.64. The molecule has 1 aliphatic heterocycles. The second-order valence-corrected chi connectivity index (χ2v) is 8.59. The van der Waals surface area contributed by atoms with Crippen LogP contribution in [0.25, 0.3) is 0 Å². The first kappa shape index (κ1) is 22.6. The Labute approximate surface area is 190 Å². The number of morpholine rings is 1. The van der Waals surface area contributed by atoms with Crippen molar-refractivity contribution in [1.29, 1.82) is 0 Å². The third kappa shape index (κ3) is 5.58. The van der Waals surface area contributed by atoms with Gasteiger partial charge in [-0.15, -0.1) is 0 Å². The number of methoxy groups -OCH3 is 2. The van der Waals surface area contributed by atoms with Gasteiger partial charge in [0.2, 0.25) is 0 Å². The topological polar surface area (TPSA) is 64.1 Å². The Morgan fingerprint density at radius 3 is 2.59 bits per heavy atom. The first-order valence-electron chi connectivity index (χ1n) is 11.4. The normalized spacial score (nSPS) is 19.6. The Morgan fingerprint density at radius 1 is 1.19 bits per heavy atom. The maximum Gasteiger partial charge on any atom is 0.255 e. The smallest absolute Gasteiger partial charge is 0.255 e. The molecule has 1 saturated carbocycles. The Balaban J connectivity index is 1.44. The van der Waals surface area contributed by atoms with E-state index < -0.39 is 0 Å². The number of carbonyl (C=O) groups is 1. The summed E-state index contributed by atoms with van der Waals surface area (Å²) < 4.78 is 16.9. The van der Waals surface area contributed by atoms with E-state index >= 15 is 0 Å². The summed E-state index contributed by atoms with van der Waals surface area (Å²) in [4.78, 5) is 21.9. The molecule has 1 aliphatic carbocycles. The van der Waals surface area contributed by atoms with Crippen LogP contribution in [0.2, 0.25) is 0 Å². The molecule has 2 fully saturated rings. The number of hydrogen-bond acceptors (Lipinski definition) is 6. The minimum absolute atomic E-state index is 0.0162. The number of pyridine rings is 1. The second kappa shape index (κ2) is 10.8. The molecule has 1 unspecified atom stereocenters. The Bertz CT molecular complexity index is 864. The zero-order valence-electron chi connectivity index (χ0n) is 19.0. The van der Waals surface area contributed by atoms with Crippen molar-refractivity contribution in [3.63, 3.8) is 0 Å². The molecule has 7 nitrogen and oxygen atoms in total. The van der Waals surface area contributed by atoms with E-state index in [1.165, 1.54) is 12.8 Å². The highest BCUT2D eigenvalue weighted by Gasteiger charge is 2.31. The molecule has 1 aromatic heterocycles. The fraction of sp³-hybridized carbons (Fsp3) is 0.520. The van der Waals surface area contributed by atoms with E-state index in [1.807, 2.05) is 35.2 Å². The van der Waals surface area contributed by atoms with Crippen molar-refractivity contribution in [1.82, 2.24) is 14.8 Å². The van der Waals surface area contributed by atoms with E-state index in [4.69, 9.17) is 14.2 Å². The molecule has 172 valence electrons. The number of aromatic nitrogens is 1. The molecule has 2 aliphatic rings. The summed E-state index contributed by atoms with van der Waals surface area (Å²) in [5, 5.41) is 0. The lowest BCUT2D eigenvalue weighted by Gasteiger charge is -2.38. The predicted molar refractivity (Wildman–Crippen MR) is 122 cm³/mol. The molecule has 4 rings (SSSR count). The van der Waals surface area contributed by atoms with E-state index in [0.29, 0.717) is 18.7 Å². The predicted octanol–water partition coefficient (Wildman–Crippen LogP) is 3.38. The molecule has 32 heavy (non-hydrogen) atoms. The monoisotopic (exact) mass is 439 g/mol. The van der Waals surface area contributed by atoms with Crippen molar-refractivity contribution >= 4 is 5.91 Å². The molecule has 0 spiro atoms. The van der Waals surface area contributed by atoms with E-state index in [9.17, 15) is 4.79 Å². The van der Waals surface area contributed by atoms with Crippen LogP contribution in [-0.2, 0) is 11.3 Å². The molecule has 2 heterocycles. The van der Waals surface area contributed by atoms with Crippen LogP contribution in [-0.4, -0.2) is 73.3 Å². The number of carbonyl (C=O) groups excluding carboxylic acids is 1. The largest absolute Gasteiger partial charge is 0.497 e. The van der Waals surface area contributed by atoms with Gasteiger partial charge in [0.25, 0.3) is 5.91 Å².